The summed E-state index contributed by atoms with van der Waals surface area (Å²) in [5, 5.41) is 5.97. The third kappa shape index (κ3) is 1.20. The van der Waals surface area contributed by atoms with Crippen molar-refractivity contribution < 1.29 is 9.53 Å². The molecule has 0 radical (unpaired) electrons. The highest BCUT2D eigenvalue weighted by Crippen LogP contribution is 2.40. The Balaban J connectivity index is 2.18. The highest BCUT2D eigenvalue weighted by atomic mass is 32.1. The minimum Gasteiger partial charge on any atom is -0.484 e. The number of Topliss-reactive ketones (excluding diaryl/α,β-unsaturated/α-hetero) is 1. The van der Waals surface area contributed by atoms with Crippen LogP contribution >= 0.6 is 11.3 Å². The zero-order valence-corrected chi connectivity index (χ0v) is 8.87. The van der Waals surface area contributed by atoms with Crippen molar-refractivity contribution in [2.75, 3.05) is 6.61 Å². The second-order valence-electron chi connectivity index (χ2n) is 3.42. The van der Waals surface area contributed by atoms with E-state index >= 15 is 0 Å². The van der Waals surface area contributed by atoms with Gasteiger partial charge in [-0.3, -0.25) is 9.48 Å². The molecule has 0 saturated carbocycles. The molecule has 0 atom stereocenters. The van der Waals surface area contributed by atoms with Gasteiger partial charge in [0.25, 0.3) is 0 Å². The van der Waals surface area contributed by atoms with Crippen LogP contribution in [0.4, 0.5) is 0 Å². The van der Waals surface area contributed by atoms with Crippen LogP contribution in [0.25, 0.3) is 10.4 Å². The van der Waals surface area contributed by atoms with E-state index in [9.17, 15) is 4.79 Å². The zero-order chi connectivity index (χ0) is 10.4. The number of nitrogens with zero attached hydrogens (tertiary/aromatic N) is 2. The van der Waals surface area contributed by atoms with Crippen LogP contribution in [0.5, 0.6) is 5.75 Å². The summed E-state index contributed by atoms with van der Waals surface area (Å²) in [6.45, 7) is 0.172. The van der Waals surface area contributed by atoms with Crippen LogP contribution in [0, 0.1) is 0 Å². The molecule has 4 nitrogen and oxygen atoms in total. The van der Waals surface area contributed by atoms with E-state index in [2.05, 4.69) is 5.10 Å². The number of rotatable bonds is 1. The third-order valence-electron chi connectivity index (χ3n) is 2.36. The minimum atomic E-state index is 0.0603. The molecule has 1 aliphatic heterocycles. The molecule has 0 spiro atoms. The van der Waals surface area contributed by atoms with Gasteiger partial charge in [0.1, 0.15) is 5.75 Å². The fourth-order valence-corrected chi connectivity index (χ4v) is 2.66. The van der Waals surface area contributed by atoms with Crippen LogP contribution in [-0.4, -0.2) is 22.2 Å². The van der Waals surface area contributed by atoms with Gasteiger partial charge in [-0.2, -0.15) is 5.10 Å². The fraction of sp³-hybridized carbons (Fsp3) is 0.200. The second kappa shape index (κ2) is 2.93. The van der Waals surface area contributed by atoms with E-state index in [0.29, 0.717) is 11.3 Å². The van der Waals surface area contributed by atoms with E-state index in [-0.39, 0.29) is 12.4 Å². The van der Waals surface area contributed by atoms with Crippen LogP contribution in [0.15, 0.2) is 17.8 Å². The number of hydrogen-bond acceptors (Lipinski definition) is 4. The van der Waals surface area contributed by atoms with Crippen molar-refractivity contribution in [1.82, 2.24) is 9.78 Å². The van der Waals surface area contributed by atoms with E-state index in [1.54, 1.807) is 10.9 Å². The fourth-order valence-electron chi connectivity index (χ4n) is 1.68. The SMILES string of the molecule is Cn1cc(-c2scc3c2C(=O)CO3)cn1. The molecule has 0 bridgehead atoms. The maximum absolute atomic E-state index is 11.6. The van der Waals surface area contributed by atoms with Crippen molar-refractivity contribution in [3.05, 3.63) is 23.3 Å². The summed E-state index contributed by atoms with van der Waals surface area (Å²) in [6, 6.07) is 0. The van der Waals surface area contributed by atoms with Crippen molar-refractivity contribution in [2.45, 2.75) is 0 Å². The molecule has 76 valence electrons. The highest BCUT2D eigenvalue weighted by molar-refractivity contribution is 7.14. The molecule has 0 fully saturated rings. The van der Waals surface area contributed by atoms with Gasteiger partial charge >= 0.3 is 0 Å². The summed E-state index contributed by atoms with van der Waals surface area (Å²) in [6.07, 6.45) is 3.66. The van der Waals surface area contributed by atoms with Crippen molar-refractivity contribution in [1.29, 1.82) is 0 Å². The Bertz CT molecular complexity index is 541. The van der Waals surface area contributed by atoms with Crippen molar-refractivity contribution in [3.8, 4) is 16.2 Å². The Morgan fingerprint density at radius 1 is 1.60 bits per heavy atom. The summed E-state index contributed by atoms with van der Waals surface area (Å²) in [5.74, 6) is 0.772. The molecule has 1 aliphatic rings. The van der Waals surface area contributed by atoms with Crippen LogP contribution in [0.1, 0.15) is 10.4 Å². The van der Waals surface area contributed by atoms with Crippen molar-refractivity contribution in [3.63, 3.8) is 0 Å². The lowest BCUT2D eigenvalue weighted by molar-refractivity contribution is 0.0961. The number of carbonyl (C=O) groups excluding carboxylic acids is 1. The largest absolute Gasteiger partial charge is 0.484 e. The van der Waals surface area contributed by atoms with Gasteiger partial charge in [-0.05, 0) is 0 Å². The molecule has 3 heterocycles. The number of aryl methyl sites for hydroxylation is 1. The molecule has 0 amide bonds. The minimum absolute atomic E-state index is 0.0603. The topological polar surface area (TPSA) is 44.1 Å². The first-order valence-electron chi connectivity index (χ1n) is 4.52. The van der Waals surface area contributed by atoms with Crippen molar-refractivity contribution >= 4 is 17.1 Å². The first-order chi connectivity index (χ1) is 7.25. The van der Waals surface area contributed by atoms with Gasteiger partial charge in [-0.1, -0.05) is 0 Å². The number of aromatic nitrogens is 2. The normalized spacial score (nSPS) is 14.1. The molecule has 0 aliphatic carbocycles. The summed E-state index contributed by atoms with van der Waals surface area (Å²) in [5.41, 5.74) is 1.69. The van der Waals surface area contributed by atoms with Gasteiger partial charge in [-0.25, -0.2) is 0 Å². The van der Waals surface area contributed by atoms with E-state index in [1.807, 2.05) is 18.6 Å². The van der Waals surface area contributed by atoms with Crippen LogP contribution in [-0.2, 0) is 7.05 Å². The second-order valence-corrected chi connectivity index (χ2v) is 4.30. The smallest absolute Gasteiger partial charge is 0.205 e. The quantitative estimate of drug-likeness (QED) is 0.735. The molecule has 2 aromatic heterocycles. The molecular formula is C10H8N2O2S. The van der Waals surface area contributed by atoms with Gasteiger partial charge in [0.15, 0.2) is 6.61 Å². The number of fused-ring (bicyclic) bond motifs is 1. The van der Waals surface area contributed by atoms with Crippen LogP contribution in [0.3, 0.4) is 0 Å². The number of thiophene rings is 1. The number of carbonyl (C=O) groups is 1. The standard InChI is InChI=1S/C10H8N2O2S/c1-12-3-6(2-11-12)10-9-7(13)4-14-8(9)5-15-10/h2-3,5H,4H2,1H3. The Morgan fingerprint density at radius 2 is 2.47 bits per heavy atom. The maximum Gasteiger partial charge on any atom is 0.205 e. The third-order valence-corrected chi connectivity index (χ3v) is 3.37. The predicted octanol–water partition coefficient (Wildman–Crippen LogP) is 1.72. The summed E-state index contributed by atoms with van der Waals surface area (Å²) in [7, 11) is 1.86. The maximum atomic E-state index is 11.6. The van der Waals surface area contributed by atoms with Gasteiger partial charge in [-0.15, -0.1) is 11.3 Å². The molecular weight excluding hydrogens is 212 g/mol. The van der Waals surface area contributed by atoms with Gasteiger partial charge in [0, 0.05) is 24.2 Å². The summed E-state index contributed by atoms with van der Waals surface area (Å²) >= 11 is 1.52. The summed E-state index contributed by atoms with van der Waals surface area (Å²) < 4.78 is 6.98. The molecule has 15 heavy (non-hydrogen) atoms. The Hall–Kier alpha value is -1.62. The van der Waals surface area contributed by atoms with E-state index < -0.39 is 0 Å². The first kappa shape index (κ1) is 8.67. The number of ether oxygens (including phenoxy) is 1. The molecule has 0 unspecified atom stereocenters. The Labute approximate surface area is 90.1 Å². The van der Waals surface area contributed by atoms with Crippen LogP contribution < -0.4 is 4.74 Å². The lowest BCUT2D eigenvalue weighted by Crippen LogP contribution is -2.00. The van der Waals surface area contributed by atoms with E-state index in [4.69, 9.17) is 4.74 Å². The predicted molar refractivity (Wildman–Crippen MR) is 56.3 cm³/mol. The molecule has 2 aromatic rings. The highest BCUT2D eigenvalue weighted by Gasteiger charge is 2.27. The molecule has 0 saturated heterocycles. The monoisotopic (exact) mass is 220 g/mol. The van der Waals surface area contributed by atoms with Gasteiger partial charge in [0.05, 0.1) is 16.6 Å². The van der Waals surface area contributed by atoms with Crippen molar-refractivity contribution in [2.24, 2.45) is 7.05 Å². The average molecular weight is 220 g/mol. The number of ketones is 1. The molecule has 0 aromatic carbocycles. The molecule has 3 rings (SSSR count). The van der Waals surface area contributed by atoms with E-state index in [0.717, 1.165) is 10.4 Å². The van der Waals surface area contributed by atoms with Gasteiger partial charge in [0.2, 0.25) is 5.78 Å². The average Bonchev–Trinajstić information content (AvgIpc) is 2.84. The van der Waals surface area contributed by atoms with Crippen LogP contribution in [0.2, 0.25) is 0 Å². The lowest BCUT2D eigenvalue weighted by atomic mass is 10.1. The zero-order valence-electron chi connectivity index (χ0n) is 8.06. The number of hydrogen-bond donors (Lipinski definition) is 0. The Kier molecular flexibility index (Phi) is 1.70. The van der Waals surface area contributed by atoms with E-state index in [1.165, 1.54) is 11.3 Å². The molecule has 0 N–H and O–H groups in total. The first-order valence-corrected chi connectivity index (χ1v) is 5.40. The summed E-state index contributed by atoms with van der Waals surface area (Å²) in [4.78, 5) is 12.5. The molecule has 5 heteroatoms. The van der Waals surface area contributed by atoms with Gasteiger partial charge < -0.3 is 4.74 Å². The lowest BCUT2D eigenvalue weighted by Gasteiger charge is -1.92. The Morgan fingerprint density at radius 3 is 3.20 bits per heavy atom.